The second-order valence-electron chi connectivity index (χ2n) is 6.36. The Hall–Kier alpha value is -3.54. The van der Waals surface area contributed by atoms with Gasteiger partial charge in [-0.25, -0.2) is 9.98 Å². The number of anilines is 1. The van der Waals surface area contributed by atoms with Gasteiger partial charge in [0, 0.05) is 36.6 Å². The van der Waals surface area contributed by atoms with Gasteiger partial charge in [0.1, 0.15) is 23.9 Å². The van der Waals surface area contributed by atoms with E-state index in [0.29, 0.717) is 30.3 Å². The summed E-state index contributed by atoms with van der Waals surface area (Å²) in [6, 6.07) is 10.8. The molecule has 0 saturated heterocycles. The molecule has 3 rings (SSSR count). The Balaban J connectivity index is 1.64. The van der Waals surface area contributed by atoms with E-state index < -0.39 is 17.9 Å². The Bertz CT molecular complexity index is 957. The maximum atomic E-state index is 13.3. The molecule has 150 valence electrons. The van der Waals surface area contributed by atoms with Crippen LogP contribution in [0.1, 0.15) is 29.8 Å². The first-order valence-corrected chi connectivity index (χ1v) is 8.89. The van der Waals surface area contributed by atoms with E-state index in [4.69, 9.17) is 5.26 Å². The number of hydrogen-bond acceptors (Lipinski definition) is 6. The maximum Gasteiger partial charge on any atom is 0.416 e. The summed E-state index contributed by atoms with van der Waals surface area (Å²) in [6.45, 7) is 2.82. The zero-order chi connectivity index (χ0) is 20.9. The lowest BCUT2D eigenvalue weighted by atomic mass is 10.0. The van der Waals surface area contributed by atoms with E-state index in [9.17, 15) is 13.2 Å². The third-order valence-corrected chi connectivity index (χ3v) is 4.27. The molecule has 1 aromatic heterocycles. The Morgan fingerprint density at radius 1 is 1.14 bits per heavy atom. The van der Waals surface area contributed by atoms with Crippen LogP contribution < -0.4 is 16.0 Å². The van der Waals surface area contributed by atoms with Gasteiger partial charge in [-0.2, -0.15) is 18.4 Å². The number of alkyl halides is 3. The molecule has 1 unspecified atom stereocenters. The Labute approximate surface area is 166 Å². The first-order chi connectivity index (χ1) is 13.9. The molecule has 6 nitrogen and oxygen atoms in total. The van der Waals surface area contributed by atoms with Crippen LogP contribution in [0.2, 0.25) is 0 Å². The highest BCUT2D eigenvalue weighted by molar-refractivity contribution is 5.98. The molecule has 1 atom stereocenters. The monoisotopic (exact) mass is 400 g/mol. The van der Waals surface area contributed by atoms with E-state index in [-0.39, 0.29) is 5.56 Å². The second kappa shape index (κ2) is 8.65. The number of pyridine rings is 1. The molecule has 3 N–H and O–H groups in total. The van der Waals surface area contributed by atoms with Crippen LogP contribution in [-0.2, 0) is 6.18 Å². The fourth-order valence-corrected chi connectivity index (χ4v) is 2.81. The van der Waals surface area contributed by atoms with E-state index in [0.717, 1.165) is 11.6 Å². The lowest BCUT2D eigenvalue weighted by Gasteiger charge is -2.24. The van der Waals surface area contributed by atoms with Crippen LogP contribution in [0.3, 0.4) is 0 Å². The molecule has 1 aliphatic heterocycles. The fraction of sp³-hybridized carbons (Fsp3) is 0.250. The van der Waals surface area contributed by atoms with Crippen molar-refractivity contribution in [1.82, 2.24) is 15.6 Å². The quantitative estimate of drug-likeness (QED) is 0.668. The van der Waals surface area contributed by atoms with Gasteiger partial charge in [0.2, 0.25) is 0 Å². The number of rotatable bonds is 5. The van der Waals surface area contributed by atoms with Crippen molar-refractivity contribution in [2.45, 2.75) is 19.3 Å². The molecule has 9 heteroatoms. The summed E-state index contributed by atoms with van der Waals surface area (Å²) in [4.78, 5) is 8.53. The number of aromatic nitrogens is 1. The molecule has 1 aromatic carbocycles. The molecule has 0 fully saturated rings. The summed E-state index contributed by atoms with van der Waals surface area (Å²) in [7, 11) is 0. The number of aliphatic imine (C=N–C) groups is 1. The highest BCUT2D eigenvalue weighted by Gasteiger charge is 2.35. The van der Waals surface area contributed by atoms with Gasteiger partial charge >= 0.3 is 6.18 Å². The first kappa shape index (κ1) is 20.2. The van der Waals surface area contributed by atoms with Gasteiger partial charge in [0.15, 0.2) is 0 Å². The summed E-state index contributed by atoms with van der Waals surface area (Å²) < 4.78 is 39.9. The van der Waals surface area contributed by atoms with Crippen molar-refractivity contribution in [1.29, 1.82) is 5.26 Å². The third-order valence-electron chi connectivity index (χ3n) is 4.27. The predicted octanol–water partition coefficient (Wildman–Crippen LogP) is 3.58. The van der Waals surface area contributed by atoms with Crippen LogP contribution >= 0.6 is 0 Å². The number of benzene rings is 1. The van der Waals surface area contributed by atoms with Gasteiger partial charge in [-0.1, -0.05) is 18.2 Å². The third kappa shape index (κ3) is 5.04. The zero-order valence-corrected chi connectivity index (χ0v) is 15.6. The molecule has 0 bridgehead atoms. The normalized spacial score (nSPS) is 16.2. The second-order valence-corrected chi connectivity index (χ2v) is 6.36. The molecule has 2 heterocycles. The predicted molar refractivity (Wildman–Crippen MR) is 104 cm³/mol. The van der Waals surface area contributed by atoms with Gasteiger partial charge in [0.25, 0.3) is 0 Å². The van der Waals surface area contributed by atoms with Crippen molar-refractivity contribution in [2.24, 2.45) is 4.99 Å². The Morgan fingerprint density at radius 2 is 1.90 bits per heavy atom. The summed E-state index contributed by atoms with van der Waals surface area (Å²) in [5.74, 6) is 1.16. The first-order valence-electron chi connectivity index (χ1n) is 8.89. The number of hydrogen-bond donors (Lipinski definition) is 3. The Morgan fingerprint density at radius 3 is 2.59 bits per heavy atom. The van der Waals surface area contributed by atoms with Crippen LogP contribution in [0.4, 0.5) is 19.0 Å². The molecular formula is C20H19F3N6. The van der Waals surface area contributed by atoms with E-state index in [1.54, 1.807) is 24.4 Å². The molecule has 0 aliphatic carbocycles. The van der Waals surface area contributed by atoms with E-state index in [1.807, 2.05) is 13.0 Å². The van der Waals surface area contributed by atoms with E-state index >= 15 is 0 Å². The minimum Gasteiger partial charge on any atom is -0.368 e. The number of nitrogens with one attached hydrogen (secondary N) is 3. The smallest absolute Gasteiger partial charge is 0.368 e. The largest absolute Gasteiger partial charge is 0.416 e. The number of nitrogens with zero attached hydrogens (tertiary/aromatic N) is 3. The minimum atomic E-state index is -4.45. The van der Waals surface area contributed by atoms with Crippen molar-refractivity contribution in [3.63, 3.8) is 0 Å². The molecule has 0 spiro atoms. The molecule has 0 radical (unpaired) electrons. The number of nitriles is 1. The molecular weight excluding hydrogens is 381 g/mol. The van der Waals surface area contributed by atoms with Gasteiger partial charge in [-0.15, -0.1) is 0 Å². The Kier molecular flexibility index (Phi) is 6.02. The topological polar surface area (TPSA) is 85.1 Å². The van der Waals surface area contributed by atoms with Gasteiger partial charge < -0.3 is 16.0 Å². The van der Waals surface area contributed by atoms with Gasteiger partial charge in [0.05, 0.1) is 11.1 Å². The summed E-state index contributed by atoms with van der Waals surface area (Å²) in [6.07, 6.45) is -2.15. The van der Waals surface area contributed by atoms with Gasteiger partial charge in [-0.05, 0) is 25.1 Å². The van der Waals surface area contributed by atoms with Crippen LogP contribution in [-0.4, -0.2) is 23.9 Å². The number of halogens is 3. The highest BCUT2D eigenvalue weighted by Crippen LogP contribution is 2.35. The summed E-state index contributed by atoms with van der Waals surface area (Å²) in [5, 5.41) is 17.9. The van der Waals surface area contributed by atoms with Crippen molar-refractivity contribution in [2.75, 3.05) is 18.4 Å². The van der Waals surface area contributed by atoms with E-state index in [1.165, 1.54) is 18.3 Å². The van der Waals surface area contributed by atoms with Crippen molar-refractivity contribution in [3.8, 4) is 6.07 Å². The van der Waals surface area contributed by atoms with Gasteiger partial charge in [-0.3, -0.25) is 0 Å². The fourth-order valence-electron chi connectivity index (χ4n) is 2.81. The lowest BCUT2D eigenvalue weighted by Crippen LogP contribution is -2.35. The SMILES string of the molecule is CC1=CNC(c2ccccc2C(F)(F)F)N=C1NCCNc1ccc(C#N)cn1. The zero-order valence-electron chi connectivity index (χ0n) is 15.6. The highest BCUT2D eigenvalue weighted by atomic mass is 19.4. The number of amidine groups is 1. The van der Waals surface area contributed by atoms with Crippen molar-refractivity contribution >= 4 is 11.7 Å². The molecule has 0 amide bonds. The van der Waals surface area contributed by atoms with Crippen molar-refractivity contribution in [3.05, 3.63) is 71.1 Å². The van der Waals surface area contributed by atoms with Crippen molar-refractivity contribution < 1.29 is 13.2 Å². The van der Waals surface area contributed by atoms with Crippen LogP contribution in [0.25, 0.3) is 0 Å². The minimum absolute atomic E-state index is 0.0722. The summed E-state index contributed by atoms with van der Waals surface area (Å²) in [5.41, 5.74) is 0.635. The standard InChI is InChI=1S/C20H19F3N6/c1-13-11-28-19(15-4-2-3-5-16(15)20(21,22)23)29-18(13)26-9-8-25-17-7-6-14(10-24)12-27-17/h2-7,11-12,19,28H,8-9H2,1H3,(H,25,27)(H,26,29). The average molecular weight is 400 g/mol. The molecule has 29 heavy (non-hydrogen) atoms. The van der Waals surface area contributed by atoms with Crippen LogP contribution in [0.15, 0.2) is 59.4 Å². The lowest BCUT2D eigenvalue weighted by molar-refractivity contribution is -0.138. The van der Waals surface area contributed by atoms with E-state index in [2.05, 4.69) is 25.9 Å². The van der Waals surface area contributed by atoms with Crippen LogP contribution in [0, 0.1) is 11.3 Å². The molecule has 1 aliphatic rings. The van der Waals surface area contributed by atoms with Crippen LogP contribution in [0.5, 0.6) is 0 Å². The average Bonchev–Trinajstić information content (AvgIpc) is 2.72. The maximum absolute atomic E-state index is 13.3. The molecule has 0 saturated carbocycles. The summed E-state index contributed by atoms with van der Waals surface area (Å²) >= 11 is 0. The molecule has 2 aromatic rings.